The maximum atomic E-state index is 3.81. The zero-order valence-electron chi connectivity index (χ0n) is 13.3. The van der Waals surface area contributed by atoms with E-state index in [0.717, 1.165) is 18.0 Å². The van der Waals surface area contributed by atoms with E-state index in [1.165, 1.54) is 84.2 Å². The maximum Gasteiger partial charge on any atom is 0.0235 e. The Morgan fingerprint density at radius 2 is 1.85 bits per heavy atom. The highest BCUT2D eigenvalue weighted by Gasteiger charge is 2.28. The van der Waals surface area contributed by atoms with Gasteiger partial charge in [0.25, 0.3) is 0 Å². The van der Waals surface area contributed by atoms with Gasteiger partial charge < -0.3 is 10.2 Å². The Balaban J connectivity index is 1.31. The van der Waals surface area contributed by atoms with Crippen molar-refractivity contribution in [2.75, 3.05) is 39.3 Å². The normalized spacial score (nSPS) is 36.8. The van der Waals surface area contributed by atoms with Gasteiger partial charge in [-0.15, -0.1) is 0 Å². The fourth-order valence-corrected chi connectivity index (χ4v) is 4.47. The van der Waals surface area contributed by atoms with Crippen LogP contribution in [0.1, 0.15) is 51.9 Å². The van der Waals surface area contributed by atoms with Crippen LogP contribution in [0, 0.1) is 5.92 Å². The molecule has 1 saturated carbocycles. The molecule has 2 aliphatic heterocycles. The third kappa shape index (κ3) is 3.96. The smallest absolute Gasteiger partial charge is 0.0235 e. The van der Waals surface area contributed by atoms with Crippen molar-refractivity contribution in [1.29, 1.82) is 0 Å². The maximum absolute atomic E-state index is 3.81. The molecule has 116 valence electrons. The van der Waals surface area contributed by atoms with Gasteiger partial charge in [-0.05, 0) is 57.7 Å². The van der Waals surface area contributed by atoms with Gasteiger partial charge in [0.05, 0.1) is 0 Å². The van der Waals surface area contributed by atoms with Crippen molar-refractivity contribution in [2.45, 2.75) is 64.0 Å². The summed E-state index contributed by atoms with van der Waals surface area (Å²) in [6.07, 6.45) is 9.94. The highest BCUT2D eigenvalue weighted by atomic mass is 15.3. The van der Waals surface area contributed by atoms with Crippen molar-refractivity contribution >= 4 is 0 Å². The van der Waals surface area contributed by atoms with Gasteiger partial charge in [0, 0.05) is 31.7 Å². The van der Waals surface area contributed by atoms with E-state index in [0.29, 0.717) is 0 Å². The monoisotopic (exact) mass is 279 g/mol. The van der Waals surface area contributed by atoms with Gasteiger partial charge in [0.2, 0.25) is 0 Å². The number of nitrogens with one attached hydrogen (secondary N) is 1. The lowest BCUT2D eigenvalue weighted by atomic mass is 9.87. The zero-order chi connectivity index (χ0) is 13.8. The van der Waals surface area contributed by atoms with Crippen LogP contribution in [0.5, 0.6) is 0 Å². The predicted octanol–water partition coefficient (Wildman–Crippen LogP) is 2.32. The van der Waals surface area contributed by atoms with Gasteiger partial charge in [-0.3, -0.25) is 4.90 Å². The van der Waals surface area contributed by atoms with Crippen molar-refractivity contribution < 1.29 is 0 Å². The van der Waals surface area contributed by atoms with E-state index in [4.69, 9.17) is 0 Å². The fourth-order valence-electron chi connectivity index (χ4n) is 4.47. The van der Waals surface area contributed by atoms with Crippen molar-refractivity contribution in [2.24, 2.45) is 5.92 Å². The molecule has 0 aromatic rings. The summed E-state index contributed by atoms with van der Waals surface area (Å²) in [5.74, 6) is 0.938. The molecule has 2 heterocycles. The summed E-state index contributed by atoms with van der Waals surface area (Å²) in [6, 6.07) is 1.67. The average Bonchev–Trinajstić information content (AvgIpc) is 3.09. The van der Waals surface area contributed by atoms with Crippen LogP contribution < -0.4 is 5.32 Å². The minimum absolute atomic E-state index is 0.802. The van der Waals surface area contributed by atoms with E-state index in [1.54, 1.807) is 0 Å². The van der Waals surface area contributed by atoms with Crippen LogP contribution in [0.25, 0.3) is 0 Å². The van der Waals surface area contributed by atoms with Gasteiger partial charge in [-0.1, -0.05) is 19.8 Å². The molecule has 3 nitrogen and oxygen atoms in total. The van der Waals surface area contributed by atoms with Gasteiger partial charge in [0.1, 0.15) is 0 Å². The third-order valence-corrected chi connectivity index (χ3v) is 5.70. The lowest BCUT2D eigenvalue weighted by molar-refractivity contribution is 0.228. The van der Waals surface area contributed by atoms with Crippen LogP contribution >= 0.6 is 0 Å². The summed E-state index contributed by atoms with van der Waals surface area (Å²) in [6.45, 7) is 10.2. The Hall–Kier alpha value is -0.120. The summed E-state index contributed by atoms with van der Waals surface area (Å²) in [4.78, 5) is 5.42. The highest BCUT2D eigenvalue weighted by molar-refractivity contribution is 4.86. The number of nitrogens with zero attached hydrogens (tertiary/aromatic N) is 2. The second-order valence-electron chi connectivity index (χ2n) is 7.41. The van der Waals surface area contributed by atoms with E-state index >= 15 is 0 Å². The Morgan fingerprint density at radius 3 is 2.65 bits per heavy atom. The molecule has 3 rings (SSSR count). The quantitative estimate of drug-likeness (QED) is 0.833. The summed E-state index contributed by atoms with van der Waals surface area (Å²) in [5, 5.41) is 3.81. The topological polar surface area (TPSA) is 18.5 Å². The minimum atomic E-state index is 0.802. The van der Waals surface area contributed by atoms with E-state index < -0.39 is 0 Å². The first kappa shape index (κ1) is 14.8. The zero-order valence-corrected chi connectivity index (χ0v) is 13.3. The van der Waals surface area contributed by atoms with Gasteiger partial charge in [-0.2, -0.15) is 0 Å². The molecule has 0 amide bonds. The summed E-state index contributed by atoms with van der Waals surface area (Å²) in [5.41, 5.74) is 0. The molecule has 0 aromatic heterocycles. The molecule has 1 aliphatic carbocycles. The molecule has 0 spiro atoms. The first-order valence-electron chi connectivity index (χ1n) is 9.01. The lowest BCUT2D eigenvalue weighted by Gasteiger charge is -2.28. The number of likely N-dealkylation sites (tertiary alicyclic amines) is 2. The molecule has 3 fully saturated rings. The first-order chi connectivity index (χ1) is 9.81. The van der Waals surface area contributed by atoms with Gasteiger partial charge >= 0.3 is 0 Å². The van der Waals surface area contributed by atoms with Crippen molar-refractivity contribution in [1.82, 2.24) is 15.1 Å². The molecule has 0 radical (unpaired) electrons. The number of hydrogen-bond acceptors (Lipinski definition) is 3. The molecule has 3 unspecified atom stereocenters. The van der Waals surface area contributed by atoms with Crippen LogP contribution in [0.15, 0.2) is 0 Å². The molecular weight excluding hydrogens is 246 g/mol. The van der Waals surface area contributed by atoms with Crippen molar-refractivity contribution in [3.05, 3.63) is 0 Å². The summed E-state index contributed by atoms with van der Waals surface area (Å²) < 4.78 is 0. The number of hydrogen-bond donors (Lipinski definition) is 1. The van der Waals surface area contributed by atoms with Gasteiger partial charge in [0.15, 0.2) is 0 Å². The Morgan fingerprint density at radius 1 is 1.00 bits per heavy atom. The Bertz CT molecular complexity index is 288. The molecular formula is C17H33N3. The molecule has 3 aliphatic rings. The molecule has 3 heteroatoms. The molecule has 20 heavy (non-hydrogen) atoms. The molecule has 0 bridgehead atoms. The molecule has 2 saturated heterocycles. The summed E-state index contributed by atoms with van der Waals surface area (Å²) >= 11 is 0. The van der Waals surface area contributed by atoms with E-state index in [1.807, 2.05) is 0 Å². The molecule has 3 atom stereocenters. The van der Waals surface area contributed by atoms with Crippen LogP contribution in [0.3, 0.4) is 0 Å². The second kappa shape index (κ2) is 7.24. The van der Waals surface area contributed by atoms with Crippen LogP contribution in [0.4, 0.5) is 0 Å². The standard InChI is InChI=1S/C17H33N3/c1-15-5-4-6-16(13-15)18-8-12-19-11-7-17(14-19)20-9-2-3-10-20/h15-18H,2-14H2,1H3. The summed E-state index contributed by atoms with van der Waals surface area (Å²) in [7, 11) is 0. The van der Waals surface area contributed by atoms with Crippen LogP contribution in [-0.4, -0.2) is 61.2 Å². The van der Waals surface area contributed by atoms with Crippen LogP contribution in [0.2, 0.25) is 0 Å². The second-order valence-corrected chi connectivity index (χ2v) is 7.41. The minimum Gasteiger partial charge on any atom is -0.313 e. The Kier molecular flexibility index (Phi) is 5.36. The van der Waals surface area contributed by atoms with E-state index in [2.05, 4.69) is 22.0 Å². The number of rotatable bonds is 5. The Labute approximate surface area is 125 Å². The predicted molar refractivity (Wildman–Crippen MR) is 85.1 cm³/mol. The first-order valence-corrected chi connectivity index (χ1v) is 9.01. The van der Waals surface area contributed by atoms with E-state index in [9.17, 15) is 0 Å². The molecule has 0 aromatic carbocycles. The van der Waals surface area contributed by atoms with Crippen LogP contribution in [-0.2, 0) is 0 Å². The lowest BCUT2D eigenvalue weighted by Crippen LogP contribution is -2.40. The molecule has 1 N–H and O–H groups in total. The largest absolute Gasteiger partial charge is 0.313 e. The SMILES string of the molecule is CC1CCCC(NCCN2CCC(N3CCCC3)C2)C1. The third-order valence-electron chi connectivity index (χ3n) is 5.70. The van der Waals surface area contributed by atoms with Crippen molar-refractivity contribution in [3.63, 3.8) is 0 Å². The van der Waals surface area contributed by atoms with Gasteiger partial charge in [-0.25, -0.2) is 0 Å². The van der Waals surface area contributed by atoms with E-state index in [-0.39, 0.29) is 0 Å². The van der Waals surface area contributed by atoms with Crippen molar-refractivity contribution in [3.8, 4) is 0 Å². The highest BCUT2D eigenvalue weighted by Crippen LogP contribution is 2.23. The fraction of sp³-hybridized carbons (Fsp3) is 1.00. The average molecular weight is 279 g/mol.